The molecular formula is C11H14BrN3O2. The Balaban J connectivity index is 2.19. The molecule has 2 heterocycles. The number of anilines is 1. The third-order valence-electron chi connectivity index (χ3n) is 2.70. The molecule has 1 aliphatic heterocycles. The fourth-order valence-corrected chi connectivity index (χ4v) is 2.32. The summed E-state index contributed by atoms with van der Waals surface area (Å²) in [6.07, 6.45) is 1.20. The first kappa shape index (κ1) is 12.3. The molecule has 5 nitrogen and oxygen atoms in total. The summed E-state index contributed by atoms with van der Waals surface area (Å²) in [6.45, 7) is 3.66. The molecule has 17 heavy (non-hydrogen) atoms. The lowest BCUT2D eigenvalue weighted by molar-refractivity contribution is -0.130. The van der Waals surface area contributed by atoms with Crippen LogP contribution in [0.3, 0.4) is 0 Å². The van der Waals surface area contributed by atoms with E-state index in [-0.39, 0.29) is 0 Å². The number of rotatable bonds is 2. The zero-order valence-electron chi connectivity index (χ0n) is 9.52. The Labute approximate surface area is 108 Å². The lowest BCUT2D eigenvalue weighted by Gasteiger charge is -2.33. The Morgan fingerprint density at radius 1 is 1.71 bits per heavy atom. The Hall–Kier alpha value is -1.14. The van der Waals surface area contributed by atoms with Gasteiger partial charge in [0.15, 0.2) is 6.10 Å². The van der Waals surface area contributed by atoms with Gasteiger partial charge in [0.1, 0.15) is 5.82 Å². The van der Waals surface area contributed by atoms with Crippen LogP contribution in [0.5, 0.6) is 0 Å². The van der Waals surface area contributed by atoms with Gasteiger partial charge < -0.3 is 15.4 Å². The van der Waals surface area contributed by atoms with Crippen molar-refractivity contribution in [3.05, 3.63) is 22.3 Å². The summed E-state index contributed by atoms with van der Waals surface area (Å²) in [7, 11) is 0. The summed E-state index contributed by atoms with van der Waals surface area (Å²) in [5.74, 6) is 0.451. The molecule has 0 aliphatic carbocycles. The van der Waals surface area contributed by atoms with E-state index in [1.165, 1.54) is 0 Å². The van der Waals surface area contributed by atoms with E-state index in [1.54, 1.807) is 6.20 Å². The summed E-state index contributed by atoms with van der Waals surface area (Å²) in [4.78, 5) is 17.5. The van der Waals surface area contributed by atoms with Gasteiger partial charge in [0.25, 0.3) is 0 Å². The number of hydrogen-bond donors (Lipinski definition) is 1. The quantitative estimate of drug-likeness (QED) is 0.879. The van der Waals surface area contributed by atoms with Crippen molar-refractivity contribution >= 4 is 27.7 Å². The smallest absolute Gasteiger partial charge is 0.248 e. The van der Waals surface area contributed by atoms with E-state index in [0.29, 0.717) is 13.2 Å². The molecule has 1 amide bonds. The molecule has 2 rings (SSSR count). The number of nitrogens with zero attached hydrogens (tertiary/aromatic N) is 2. The lowest BCUT2D eigenvalue weighted by Crippen LogP contribution is -2.48. The van der Waals surface area contributed by atoms with Gasteiger partial charge in [0.2, 0.25) is 5.91 Å². The van der Waals surface area contributed by atoms with Crippen molar-refractivity contribution in [1.82, 2.24) is 4.98 Å². The molecular weight excluding hydrogens is 286 g/mol. The van der Waals surface area contributed by atoms with Gasteiger partial charge in [-0.1, -0.05) is 0 Å². The van der Waals surface area contributed by atoms with E-state index >= 15 is 0 Å². The highest BCUT2D eigenvalue weighted by molar-refractivity contribution is 9.10. The van der Waals surface area contributed by atoms with Crippen molar-refractivity contribution in [3.63, 3.8) is 0 Å². The number of nitrogens with two attached hydrogens (primary N) is 1. The summed E-state index contributed by atoms with van der Waals surface area (Å²) >= 11 is 3.38. The molecule has 0 bridgehead atoms. The molecule has 92 valence electrons. The Kier molecular flexibility index (Phi) is 3.63. The van der Waals surface area contributed by atoms with Crippen molar-refractivity contribution in [1.29, 1.82) is 0 Å². The van der Waals surface area contributed by atoms with E-state index in [2.05, 4.69) is 20.9 Å². The van der Waals surface area contributed by atoms with E-state index in [0.717, 1.165) is 22.4 Å². The third kappa shape index (κ3) is 2.76. The van der Waals surface area contributed by atoms with Crippen LogP contribution in [-0.4, -0.2) is 36.7 Å². The zero-order valence-corrected chi connectivity index (χ0v) is 11.1. The number of halogens is 1. The predicted molar refractivity (Wildman–Crippen MR) is 67.8 cm³/mol. The third-order valence-corrected chi connectivity index (χ3v) is 3.13. The molecule has 0 aromatic carbocycles. The number of carbonyl (C=O) groups excluding carboxylic acids is 1. The second-order valence-corrected chi connectivity index (χ2v) is 4.92. The van der Waals surface area contributed by atoms with Crippen molar-refractivity contribution < 1.29 is 9.53 Å². The van der Waals surface area contributed by atoms with Crippen LogP contribution in [0.1, 0.15) is 5.56 Å². The molecule has 1 saturated heterocycles. The van der Waals surface area contributed by atoms with Gasteiger partial charge in [-0.05, 0) is 34.5 Å². The largest absolute Gasteiger partial charge is 0.367 e. The van der Waals surface area contributed by atoms with Gasteiger partial charge in [-0.2, -0.15) is 0 Å². The minimum atomic E-state index is -0.548. The lowest BCUT2D eigenvalue weighted by atomic mass is 10.2. The Morgan fingerprint density at radius 3 is 3.12 bits per heavy atom. The number of morpholine rings is 1. The van der Waals surface area contributed by atoms with Crippen molar-refractivity contribution in [2.45, 2.75) is 13.0 Å². The summed E-state index contributed by atoms with van der Waals surface area (Å²) in [6, 6.07) is 2.00. The second-order valence-electron chi connectivity index (χ2n) is 4.00. The molecule has 1 atom stereocenters. The Bertz CT molecular complexity index is 439. The van der Waals surface area contributed by atoms with E-state index in [1.807, 2.05) is 17.9 Å². The van der Waals surface area contributed by atoms with Crippen LogP contribution in [-0.2, 0) is 9.53 Å². The first-order chi connectivity index (χ1) is 8.08. The van der Waals surface area contributed by atoms with Crippen LogP contribution < -0.4 is 10.6 Å². The predicted octanol–water partition coefficient (Wildman–Crippen LogP) is 0.843. The monoisotopic (exact) mass is 299 g/mol. The SMILES string of the molecule is Cc1cc(Br)cnc1N1CCOC(C(N)=O)C1. The van der Waals surface area contributed by atoms with Crippen LogP contribution >= 0.6 is 15.9 Å². The maximum Gasteiger partial charge on any atom is 0.248 e. The van der Waals surface area contributed by atoms with Gasteiger partial charge in [-0.3, -0.25) is 4.79 Å². The van der Waals surface area contributed by atoms with E-state index in [9.17, 15) is 4.79 Å². The number of pyridine rings is 1. The zero-order chi connectivity index (χ0) is 12.4. The summed E-state index contributed by atoms with van der Waals surface area (Å²) < 4.78 is 6.24. The van der Waals surface area contributed by atoms with Crippen LogP contribution in [0.25, 0.3) is 0 Å². The summed E-state index contributed by atoms with van der Waals surface area (Å²) in [5.41, 5.74) is 6.31. The highest BCUT2D eigenvalue weighted by Crippen LogP contribution is 2.22. The number of primary amides is 1. The van der Waals surface area contributed by atoms with Gasteiger partial charge in [-0.15, -0.1) is 0 Å². The normalized spacial score (nSPS) is 20.4. The molecule has 1 aliphatic rings. The topological polar surface area (TPSA) is 68.5 Å². The van der Waals surface area contributed by atoms with Gasteiger partial charge in [0, 0.05) is 17.2 Å². The second kappa shape index (κ2) is 5.01. The standard InChI is InChI=1S/C11H14BrN3O2/c1-7-4-8(12)5-14-11(7)15-2-3-17-9(6-15)10(13)16/h4-5,9H,2-3,6H2,1H3,(H2,13,16). The van der Waals surface area contributed by atoms with Crippen LogP contribution in [0, 0.1) is 6.92 Å². The van der Waals surface area contributed by atoms with Gasteiger partial charge in [-0.25, -0.2) is 4.98 Å². The first-order valence-corrected chi connectivity index (χ1v) is 6.15. The van der Waals surface area contributed by atoms with Gasteiger partial charge >= 0.3 is 0 Å². The molecule has 1 aromatic heterocycles. The van der Waals surface area contributed by atoms with Crippen molar-refractivity contribution in [3.8, 4) is 0 Å². The van der Waals surface area contributed by atoms with Crippen LogP contribution in [0.15, 0.2) is 16.7 Å². The molecule has 1 fully saturated rings. The molecule has 2 N–H and O–H groups in total. The minimum absolute atomic E-state index is 0.426. The number of hydrogen-bond acceptors (Lipinski definition) is 4. The van der Waals surface area contributed by atoms with Crippen molar-refractivity contribution in [2.75, 3.05) is 24.6 Å². The molecule has 1 aromatic rings. The molecule has 1 unspecified atom stereocenters. The molecule has 0 spiro atoms. The number of amides is 1. The van der Waals surface area contributed by atoms with E-state index in [4.69, 9.17) is 10.5 Å². The molecule has 0 radical (unpaired) electrons. The van der Waals surface area contributed by atoms with Crippen LogP contribution in [0.2, 0.25) is 0 Å². The molecule has 6 heteroatoms. The van der Waals surface area contributed by atoms with Crippen molar-refractivity contribution in [2.24, 2.45) is 5.73 Å². The first-order valence-electron chi connectivity index (χ1n) is 5.36. The van der Waals surface area contributed by atoms with Crippen LogP contribution in [0.4, 0.5) is 5.82 Å². The number of ether oxygens (including phenoxy) is 1. The fraction of sp³-hybridized carbons (Fsp3) is 0.455. The average molecular weight is 300 g/mol. The average Bonchev–Trinajstić information content (AvgIpc) is 2.29. The maximum absolute atomic E-state index is 11.1. The maximum atomic E-state index is 11.1. The highest BCUT2D eigenvalue weighted by atomic mass is 79.9. The number of aromatic nitrogens is 1. The van der Waals surface area contributed by atoms with Gasteiger partial charge in [0.05, 0.1) is 13.2 Å². The molecule has 0 saturated carbocycles. The fourth-order valence-electron chi connectivity index (χ4n) is 1.88. The summed E-state index contributed by atoms with van der Waals surface area (Å²) in [5, 5.41) is 0. The number of aryl methyl sites for hydroxylation is 1. The Morgan fingerprint density at radius 2 is 2.47 bits per heavy atom. The van der Waals surface area contributed by atoms with E-state index < -0.39 is 12.0 Å². The minimum Gasteiger partial charge on any atom is -0.367 e. The highest BCUT2D eigenvalue weighted by Gasteiger charge is 2.26. The number of carbonyl (C=O) groups is 1.